The molecule has 146 valence electrons. The molecule has 9 heteroatoms. The summed E-state index contributed by atoms with van der Waals surface area (Å²) in [4.78, 5) is 28.5. The highest BCUT2D eigenvalue weighted by Crippen LogP contribution is 2.23. The number of nitrogens with zero attached hydrogens (tertiary/aromatic N) is 1. The predicted octanol–water partition coefficient (Wildman–Crippen LogP) is 3.13. The first-order valence-corrected chi connectivity index (χ1v) is 10.9. The number of thiazole rings is 1. The highest BCUT2D eigenvalue weighted by molar-refractivity contribution is 7.91. The number of ether oxygens (including phenoxy) is 1. The molecule has 0 saturated carbocycles. The summed E-state index contributed by atoms with van der Waals surface area (Å²) < 4.78 is 29.5. The first-order valence-electron chi connectivity index (χ1n) is 8.46. The van der Waals surface area contributed by atoms with E-state index < -0.39 is 15.8 Å². The van der Waals surface area contributed by atoms with Crippen molar-refractivity contribution in [3.63, 3.8) is 0 Å². The summed E-state index contributed by atoms with van der Waals surface area (Å²) in [6.45, 7) is 5.51. The summed E-state index contributed by atoms with van der Waals surface area (Å²) in [5.41, 5.74) is 1.46. The van der Waals surface area contributed by atoms with Gasteiger partial charge in [0.25, 0.3) is 0 Å². The lowest BCUT2D eigenvalue weighted by atomic mass is 10.2. The number of nitrogens with one attached hydrogen (secondary N) is 1. The van der Waals surface area contributed by atoms with Gasteiger partial charge in [-0.2, -0.15) is 0 Å². The zero-order valence-electron chi connectivity index (χ0n) is 15.4. The Labute approximate surface area is 162 Å². The largest absolute Gasteiger partial charge is 0.462 e. The number of hydrogen-bond acceptors (Lipinski definition) is 7. The van der Waals surface area contributed by atoms with Gasteiger partial charge in [0.1, 0.15) is 4.88 Å². The van der Waals surface area contributed by atoms with Gasteiger partial charge < -0.3 is 10.1 Å². The first kappa shape index (κ1) is 21.0. The average molecular weight is 411 g/mol. The molecule has 2 rings (SSSR count). The lowest BCUT2D eigenvalue weighted by molar-refractivity contribution is -0.116. The quantitative estimate of drug-likeness (QED) is 0.671. The number of hydrogen-bond donors (Lipinski definition) is 1. The predicted molar refractivity (Wildman–Crippen MR) is 104 cm³/mol. The maximum Gasteiger partial charge on any atom is 0.350 e. The van der Waals surface area contributed by atoms with Crippen LogP contribution in [0.25, 0.3) is 0 Å². The molecule has 27 heavy (non-hydrogen) atoms. The van der Waals surface area contributed by atoms with Crippen LogP contribution in [0.2, 0.25) is 0 Å². The highest BCUT2D eigenvalue weighted by Gasteiger charge is 2.18. The molecular formula is C18H22N2O5S2. The number of carbonyl (C=O) groups excluding carboxylic acids is 2. The third-order valence-corrected chi connectivity index (χ3v) is 6.57. The van der Waals surface area contributed by atoms with Crippen molar-refractivity contribution in [3.8, 4) is 0 Å². The van der Waals surface area contributed by atoms with Crippen molar-refractivity contribution in [2.24, 2.45) is 0 Å². The molecule has 0 saturated heterocycles. The number of aromatic nitrogens is 1. The molecule has 0 atom stereocenters. The number of sulfone groups is 1. The highest BCUT2D eigenvalue weighted by atomic mass is 32.2. The molecule has 0 fully saturated rings. The van der Waals surface area contributed by atoms with Crippen LogP contribution in [0, 0.1) is 13.8 Å². The fourth-order valence-corrected chi connectivity index (χ4v) is 4.49. The monoisotopic (exact) mass is 410 g/mol. The number of carbonyl (C=O) groups is 2. The van der Waals surface area contributed by atoms with E-state index in [1.54, 1.807) is 38.1 Å². The van der Waals surface area contributed by atoms with Gasteiger partial charge in [0.05, 0.1) is 22.9 Å². The Hall–Kier alpha value is -2.26. The van der Waals surface area contributed by atoms with Crippen molar-refractivity contribution in [2.45, 2.75) is 38.5 Å². The number of esters is 1. The fraction of sp³-hybridized carbons (Fsp3) is 0.389. The Kier molecular flexibility index (Phi) is 7.09. The minimum absolute atomic E-state index is 0.0401. The number of amides is 1. The molecule has 0 aliphatic heterocycles. The van der Waals surface area contributed by atoms with Crippen molar-refractivity contribution < 1.29 is 22.7 Å². The Morgan fingerprint density at radius 1 is 1.19 bits per heavy atom. The fourth-order valence-electron chi connectivity index (χ4n) is 2.30. The molecule has 1 amide bonds. The maximum atomic E-state index is 12.3. The summed E-state index contributed by atoms with van der Waals surface area (Å²) in [5.74, 6) is -0.940. The maximum absolute atomic E-state index is 12.3. The number of aryl methyl sites for hydroxylation is 2. The van der Waals surface area contributed by atoms with Crippen LogP contribution in [-0.2, 0) is 19.4 Å². The topological polar surface area (TPSA) is 102 Å². The van der Waals surface area contributed by atoms with E-state index in [9.17, 15) is 18.0 Å². The zero-order valence-corrected chi connectivity index (χ0v) is 17.1. The first-order chi connectivity index (χ1) is 12.7. The smallest absolute Gasteiger partial charge is 0.350 e. The summed E-state index contributed by atoms with van der Waals surface area (Å²) >= 11 is 1.04. The molecule has 1 heterocycles. The zero-order chi connectivity index (χ0) is 20.0. The van der Waals surface area contributed by atoms with Gasteiger partial charge in [0.15, 0.2) is 15.0 Å². The van der Waals surface area contributed by atoms with Crippen LogP contribution >= 0.6 is 11.3 Å². The van der Waals surface area contributed by atoms with E-state index >= 15 is 0 Å². The van der Waals surface area contributed by atoms with Gasteiger partial charge in [-0.15, -0.1) is 0 Å². The lowest BCUT2D eigenvalue weighted by Crippen LogP contribution is -2.14. The molecule has 1 aromatic carbocycles. The molecule has 7 nitrogen and oxygen atoms in total. The minimum Gasteiger partial charge on any atom is -0.462 e. The summed E-state index contributed by atoms with van der Waals surface area (Å²) in [7, 11) is -3.42. The van der Waals surface area contributed by atoms with E-state index in [0.717, 1.165) is 16.9 Å². The third kappa shape index (κ3) is 5.86. The van der Waals surface area contributed by atoms with E-state index in [0.29, 0.717) is 15.7 Å². The Bertz CT molecular complexity index is 918. The van der Waals surface area contributed by atoms with Crippen molar-refractivity contribution in [2.75, 3.05) is 17.7 Å². The normalized spacial score (nSPS) is 11.2. The van der Waals surface area contributed by atoms with Crippen LogP contribution in [0.15, 0.2) is 29.2 Å². The van der Waals surface area contributed by atoms with Crippen LogP contribution in [0.1, 0.15) is 40.7 Å². The van der Waals surface area contributed by atoms with E-state index in [4.69, 9.17) is 4.74 Å². The third-order valence-electron chi connectivity index (χ3n) is 3.70. The summed E-state index contributed by atoms with van der Waals surface area (Å²) in [6.07, 6.45) is 0.232. The summed E-state index contributed by atoms with van der Waals surface area (Å²) in [5, 5.41) is 2.89. The molecule has 1 aromatic heterocycles. The van der Waals surface area contributed by atoms with Crippen LogP contribution in [0.4, 0.5) is 5.13 Å². The van der Waals surface area contributed by atoms with E-state index in [-0.39, 0.29) is 36.0 Å². The van der Waals surface area contributed by atoms with Crippen molar-refractivity contribution in [1.82, 2.24) is 4.98 Å². The SMILES string of the molecule is CCOC(=O)c1sc(NC(=O)CCCS(=O)(=O)c2ccc(C)cc2)nc1C. The van der Waals surface area contributed by atoms with Crippen LogP contribution < -0.4 is 5.32 Å². The van der Waals surface area contributed by atoms with Crippen molar-refractivity contribution >= 4 is 38.2 Å². The van der Waals surface area contributed by atoms with Crippen LogP contribution in [0.3, 0.4) is 0 Å². The van der Waals surface area contributed by atoms with Gasteiger partial charge in [-0.25, -0.2) is 18.2 Å². The van der Waals surface area contributed by atoms with Gasteiger partial charge in [0.2, 0.25) is 5.91 Å². The number of anilines is 1. The van der Waals surface area contributed by atoms with Crippen LogP contribution in [0.5, 0.6) is 0 Å². The van der Waals surface area contributed by atoms with E-state index in [1.165, 1.54) is 0 Å². The Morgan fingerprint density at radius 3 is 2.48 bits per heavy atom. The second-order valence-electron chi connectivity index (χ2n) is 5.94. The van der Waals surface area contributed by atoms with Crippen molar-refractivity contribution in [1.29, 1.82) is 0 Å². The van der Waals surface area contributed by atoms with Gasteiger partial charge in [-0.05, 0) is 39.3 Å². The molecule has 0 unspecified atom stereocenters. The number of rotatable bonds is 8. The molecule has 0 aliphatic rings. The number of benzene rings is 1. The molecular weight excluding hydrogens is 388 g/mol. The second kappa shape index (κ2) is 9.09. The Balaban J connectivity index is 1.88. The van der Waals surface area contributed by atoms with Crippen LogP contribution in [-0.4, -0.2) is 37.6 Å². The van der Waals surface area contributed by atoms with Gasteiger partial charge in [-0.3, -0.25) is 4.79 Å². The second-order valence-corrected chi connectivity index (χ2v) is 9.05. The Morgan fingerprint density at radius 2 is 1.85 bits per heavy atom. The average Bonchev–Trinajstić information content (AvgIpc) is 2.95. The van der Waals surface area contributed by atoms with Gasteiger partial charge >= 0.3 is 5.97 Å². The van der Waals surface area contributed by atoms with Gasteiger partial charge in [-0.1, -0.05) is 29.0 Å². The molecule has 1 N–H and O–H groups in total. The molecule has 0 radical (unpaired) electrons. The van der Waals surface area contributed by atoms with Crippen molar-refractivity contribution in [3.05, 3.63) is 40.4 Å². The lowest BCUT2D eigenvalue weighted by Gasteiger charge is -2.05. The molecule has 0 bridgehead atoms. The molecule has 0 spiro atoms. The minimum atomic E-state index is -3.42. The summed E-state index contributed by atoms with van der Waals surface area (Å²) in [6, 6.07) is 6.62. The standard InChI is InChI=1S/C18H22N2O5S2/c1-4-25-17(22)16-13(3)19-18(26-16)20-15(21)6-5-11-27(23,24)14-9-7-12(2)8-10-14/h7-10H,4-6,11H2,1-3H3,(H,19,20,21). The molecule has 2 aromatic rings. The van der Waals surface area contributed by atoms with E-state index in [2.05, 4.69) is 10.3 Å². The molecule has 0 aliphatic carbocycles. The van der Waals surface area contributed by atoms with E-state index in [1.807, 2.05) is 6.92 Å². The van der Waals surface area contributed by atoms with Gasteiger partial charge in [0, 0.05) is 6.42 Å².